The lowest BCUT2D eigenvalue weighted by Crippen LogP contribution is -2.33. The highest BCUT2D eigenvalue weighted by molar-refractivity contribution is 7.55. The van der Waals surface area contributed by atoms with Crippen LogP contribution in [0.1, 0.15) is 53.0 Å². The number of carbonyl (C=O) groups is 2. The van der Waals surface area contributed by atoms with Crippen LogP contribution in [0.2, 0.25) is 0 Å². The monoisotopic (exact) mass is 659 g/mol. The number of amidine groups is 1. The minimum Gasteiger partial charge on any atom is -0.388 e. The van der Waals surface area contributed by atoms with Crippen molar-refractivity contribution in [1.82, 2.24) is 24.0 Å². The van der Waals surface area contributed by atoms with Gasteiger partial charge in [0.2, 0.25) is 0 Å². The van der Waals surface area contributed by atoms with Crippen molar-refractivity contribution in [3.8, 4) is 0 Å². The summed E-state index contributed by atoms with van der Waals surface area (Å²) in [4.78, 5) is 51.8. The van der Waals surface area contributed by atoms with Crippen molar-refractivity contribution in [2.75, 3.05) is 23.6 Å². The molecular formula is C28H38N9O8P. The van der Waals surface area contributed by atoms with E-state index < -0.39 is 43.3 Å². The Morgan fingerprint density at radius 3 is 2.41 bits per heavy atom. The predicted molar refractivity (Wildman–Crippen MR) is 170 cm³/mol. The van der Waals surface area contributed by atoms with Gasteiger partial charge in [0, 0.05) is 51.2 Å². The number of anilines is 2. The molecule has 1 unspecified atom stereocenters. The molecular weight excluding hydrogens is 621 g/mol. The van der Waals surface area contributed by atoms with E-state index in [0.717, 1.165) is 0 Å². The maximum Gasteiger partial charge on any atom is 0.433 e. The molecule has 1 aliphatic heterocycles. The first-order valence-electron chi connectivity index (χ1n) is 14.3. The minimum absolute atomic E-state index is 0.0401. The number of aromatic nitrogens is 4. The standard InChI is InChI=1S/C28H38N9O8P/c1-16(2)45-46(42,43-15-20-6-7-24(44-20)37-12-17(3)25(38)33-28(37)41)34-19-11-22(36(5)14-19)27(40)32-18-10-21(35(4)13-18)26(39)31-9-8-23(29)30/h6-7,10-14,16,20,24H,8-9,15H2,1-5H3,(H3,29,30)(H,31,39)(H,32,40)(H,34,42)(H,33,38,41)/t20-,24+,46?/m0/s1. The number of nitrogens with two attached hydrogens (primary N) is 1. The van der Waals surface area contributed by atoms with E-state index in [2.05, 4.69) is 20.7 Å². The van der Waals surface area contributed by atoms with Crippen LogP contribution in [0.5, 0.6) is 0 Å². The first-order valence-corrected chi connectivity index (χ1v) is 15.8. The van der Waals surface area contributed by atoms with E-state index >= 15 is 0 Å². The molecule has 3 aromatic rings. The Morgan fingerprint density at radius 2 is 1.74 bits per heavy atom. The van der Waals surface area contributed by atoms with Crippen molar-refractivity contribution >= 4 is 36.8 Å². The largest absolute Gasteiger partial charge is 0.433 e. The number of H-pyrrole nitrogens is 1. The smallest absolute Gasteiger partial charge is 0.388 e. The summed E-state index contributed by atoms with van der Waals surface area (Å²) in [5, 5.41) is 15.4. The van der Waals surface area contributed by atoms with Crippen LogP contribution in [0.3, 0.4) is 0 Å². The molecule has 4 rings (SSSR count). The van der Waals surface area contributed by atoms with E-state index in [1.807, 2.05) is 0 Å². The van der Waals surface area contributed by atoms with E-state index in [9.17, 15) is 23.7 Å². The van der Waals surface area contributed by atoms with Crippen LogP contribution in [0.25, 0.3) is 0 Å². The Hall–Kier alpha value is -4.70. The number of nitrogens with one attached hydrogen (secondary N) is 5. The van der Waals surface area contributed by atoms with Gasteiger partial charge in [-0.1, -0.05) is 6.08 Å². The molecule has 0 radical (unpaired) electrons. The molecule has 3 aromatic heterocycles. The Kier molecular flexibility index (Phi) is 10.5. The van der Waals surface area contributed by atoms with Gasteiger partial charge < -0.3 is 30.2 Å². The average Bonchev–Trinajstić information content (AvgIpc) is 3.67. The Balaban J connectivity index is 1.40. The molecule has 0 saturated heterocycles. The van der Waals surface area contributed by atoms with Gasteiger partial charge in [0.25, 0.3) is 17.4 Å². The molecule has 0 bridgehead atoms. The topological polar surface area (TPSA) is 230 Å². The summed E-state index contributed by atoms with van der Waals surface area (Å²) in [6.45, 7) is 4.95. The SMILES string of the molecule is Cc1cn([C@H]2C=C[C@@H](COP(=O)(Nc3cc(C(=O)Nc4cc(C(=O)NCCC(=N)N)n(C)c4)n(C)c3)OC(C)C)O2)c(=O)[nH]c1=O. The number of aromatic amines is 1. The molecule has 3 atom stereocenters. The first-order chi connectivity index (χ1) is 21.6. The number of ether oxygens (including phenoxy) is 1. The molecule has 0 fully saturated rings. The molecule has 1 aliphatic rings. The maximum absolute atomic E-state index is 13.7. The van der Waals surface area contributed by atoms with Gasteiger partial charge in [0.05, 0.1) is 29.9 Å². The zero-order valence-corrected chi connectivity index (χ0v) is 26.9. The van der Waals surface area contributed by atoms with Crippen LogP contribution in [-0.4, -0.2) is 61.7 Å². The Labute approximate surface area is 263 Å². The third-order valence-electron chi connectivity index (χ3n) is 6.66. The summed E-state index contributed by atoms with van der Waals surface area (Å²) in [7, 11) is -0.706. The van der Waals surface area contributed by atoms with Crippen LogP contribution in [0.15, 0.2) is 52.5 Å². The third-order valence-corrected chi connectivity index (χ3v) is 8.38. The van der Waals surface area contributed by atoms with Crippen LogP contribution in [-0.2, 0) is 32.4 Å². The third kappa shape index (κ3) is 8.51. The zero-order valence-electron chi connectivity index (χ0n) is 26.0. The highest BCUT2D eigenvalue weighted by Gasteiger charge is 2.31. The van der Waals surface area contributed by atoms with Gasteiger partial charge in [-0.15, -0.1) is 0 Å². The number of carbonyl (C=O) groups excluding carboxylic acids is 2. The van der Waals surface area contributed by atoms with Gasteiger partial charge in [0.15, 0.2) is 6.23 Å². The fraction of sp³-hybridized carbons (Fsp3) is 0.393. The normalized spacial score (nSPS) is 17.2. The van der Waals surface area contributed by atoms with Crippen LogP contribution < -0.4 is 32.7 Å². The minimum atomic E-state index is -3.99. The van der Waals surface area contributed by atoms with Crippen LogP contribution in [0, 0.1) is 12.3 Å². The molecule has 18 heteroatoms. The second-order valence-electron chi connectivity index (χ2n) is 10.9. The molecule has 248 valence electrons. The summed E-state index contributed by atoms with van der Waals surface area (Å²) < 4.78 is 35.2. The van der Waals surface area contributed by atoms with E-state index in [0.29, 0.717) is 16.9 Å². The number of nitrogens with zero attached hydrogens (tertiary/aromatic N) is 3. The summed E-state index contributed by atoms with van der Waals surface area (Å²) in [5.41, 5.74) is 5.70. The molecule has 7 N–H and O–H groups in total. The van der Waals surface area contributed by atoms with E-state index in [1.165, 1.54) is 27.5 Å². The molecule has 4 heterocycles. The lowest BCUT2D eigenvalue weighted by molar-refractivity contribution is -0.00891. The molecule has 46 heavy (non-hydrogen) atoms. The summed E-state index contributed by atoms with van der Waals surface area (Å²) in [6.07, 6.45) is 6.02. The second kappa shape index (κ2) is 14.2. The molecule has 0 aromatic carbocycles. The number of amides is 2. The average molecular weight is 660 g/mol. The summed E-state index contributed by atoms with van der Waals surface area (Å²) >= 11 is 0. The van der Waals surface area contributed by atoms with Crippen LogP contribution >= 0.6 is 7.75 Å². The lowest BCUT2D eigenvalue weighted by Gasteiger charge is -2.23. The first kappa shape index (κ1) is 34.2. The summed E-state index contributed by atoms with van der Waals surface area (Å²) in [5.74, 6) is -0.917. The van der Waals surface area contributed by atoms with Crippen molar-refractivity contribution in [1.29, 1.82) is 5.41 Å². The van der Waals surface area contributed by atoms with Crippen molar-refractivity contribution in [2.24, 2.45) is 19.8 Å². The number of rotatable bonds is 14. The second-order valence-corrected chi connectivity index (χ2v) is 12.6. The fourth-order valence-corrected chi connectivity index (χ4v) is 6.03. The van der Waals surface area contributed by atoms with Crippen molar-refractivity contribution < 1.29 is 27.9 Å². The zero-order chi connectivity index (χ0) is 33.8. The van der Waals surface area contributed by atoms with E-state index in [4.69, 9.17) is 24.9 Å². The quantitative estimate of drug-likeness (QED) is 0.0637. The van der Waals surface area contributed by atoms with Gasteiger partial charge in [-0.05, 0) is 39.0 Å². The van der Waals surface area contributed by atoms with Gasteiger partial charge >= 0.3 is 13.4 Å². The lowest BCUT2D eigenvalue weighted by atomic mass is 10.3. The highest BCUT2D eigenvalue weighted by atomic mass is 31.2. The molecule has 0 saturated carbocycles. The number of hydrogen-bond donors (Lipinski definition) is 6. The molecule has 0 aliphatic carbocycles. The van der Waals surface area contributed by atoms with Crippen molar-refractivity contribution in [3.05, 3.63) is 80.7 Å². The molecule has 17 nitrogen and oxygen atoms in total. The van der Waals surface area contributed by atoms with E-state index in [-0.39, 0.29) is 42.7 Å². The molecule has 2 amide bonds. The molecule has 0 spiro atoms. The van der Waals surface area contributed by atoms with Crippen molar-refractivity contribution in [3.63, 3.8) is 0 Å². The van der Waals surface area contributed by atoms with Crippen LogP contribution in [0.4, 0.5) is 11.4 Å². The van der Waals surface area contributed by atoms with Gasteiger partial charge in [-0.25, -0.2) is 9.36 Å². The van der Waals surface area contributed by atoms with Gasteiger partial charge in [0.1, 0.15) is 17.5 Å². The Bertz CT molecular complexity index is 1820. The Morgan fingerprint density at radius 1 is 1.09 bits per heavy atom. The number of aryl methyl sites for hydroxylation is 3. The predicted octanol–water partition coefficient (Wildman–Crippen LogP) is 1.95. The van der Waals surface area contributed by atoms with Crippen molar-refractivity contribution in [2.45, 2.75) is 45.6 Å². The van der Waals surface area contributed by atoms with Gasteiger partial charge in [-0.2, -0.15) is 0 Å². The van der Waals surface area contributed by atoms with Gasteiger partial charge in [-0.3, -0.25) is 43.5 Å². The number of hydrogen-bond acceptors (Lipinski definition) is 9. The van der Waals surface area contributed by atoms with E-state index in [1.54, 1.807) is 64.0 Å². The maximum atomic E-state index is 13.7. The fourth-order valence-electron chi connectivity index (χ4n) is 4.52. The summed E-state index contributed by atoms with van der Waals surface area (Å²) in [6, 6.07) is 2.99. The highest BCUT2D eigenvalue weighted by Crippen LogP contribution is 2.49.